The molecule has 0 N–H and O–H groups in total. The summed E-state index contributed by atoms with van der Waals surface area (Å²) in [5.74, 6) is 0.935. The van der Waals surface area contributed by atoms with Gasteiger partial charge >= 0.3 is 0 Å². The summed E-state index contributed by atoms with van der Waals surface area (Å²) in [5, 5.41) is 1.15. The second kappa shape index (κ2) is 3.53. The molecule has 1 heteroatoms. The molecule has 0 aliphatic heterocycles. The molecule has 0 amide bonds. The summed E-state index contributed by atoms with van der Waals surface area (Å²) in [6.07, 6.45) is 0. The fourth-order valence-corrected chi connectivity index (χ4v) is 1.92. The molecular weight excluding hydrogens is 196 g/mol. The van der Waals surface area contributed by atoms with E-state index in [0.717, 1.165) is 22.3 Å². The lowest BCUT2D eigenvalue weighted by Gasteiger charge is -1.97. The predicted octanol–water partition coefficient (Wildman–Crippen LogP) is 4.41. The van der Waals surface area contributed by atoms with Crippen molar-refractivity contribution >= 4 is 11.0 Å². The summed E-state index contributed by atoms with van der Waals surface area (Å²) < 4.78 is 5.81. The molecule has 2 aromatic carbocycles. The van der Waals surface area contributed by atoms with Gasteiger partial charge in [0.15, 0.2) is 0 Å². The molecule has 78 valence electrons. The summed E-state index contributed by atoms with van der Waals surface area (Å²) in [7, 11) is 0. The van der Waals surface area contributed by atoms with E-state index in [-0.39, 0.29) is 0 Å². The molecule has 1 aromatic heterocycles. The van der Waals surface area contributed by atoms with Gasteiger partial charge < -0.3 is 4.42 Å². The maximum Gasteiger partial charge on any atom is 0.135 e. The first-order chi connectivity index (χ1) is 7.83. The van der Waals surface area contributed by atoms with Crippen LogP contribution in [0.4, 0.5) is 0 Å². The number of hydrogen-bond donors (Lipinski definition) is 0. The third-order valence-corrected chi connectivity index (χ3v) is 2.73. The van der Waals surface area contributed by atoms with Crippen molar-refractivity contribution in [2.45, 2.75) is 6.92 Å². The molecule has 0 bridgehead atoms. The molecule has 0 unspecified atom stereocenters. The first-order valence-corrected chi connectivity index (χ1v) is 5.38. The highest BCUT2D eigenvalue weighted by molar-refractivity contribution is 5.82. The van der Waals surface area contributed by atoms with Gasteiger partial charge in [0.2, 0.25) is 0 Å². The second-order valence-electron chi connectivity index (χ2n) is 4.02. The van der Waals surface area contributed by atoms with Gasteiger partial charge in [-0.3, -0.25) is 0 Å². The Hall–Kier alpha value is -2.02. The van der Waals surface area contributed by atoms with Gasteiger partial charge in [-0.25, -0.2) is 0 Å². The van der Waals surface area contributed by atoms with Gasteiger partial charge in [0.05, 0.1) is 0 Å². The quantitative estimate of drug-likeness (QED) is 0.577. The topological polar surface area (TPSA) is 13.1 Å². The Morgan fingerprint density at radius 3 is 2.56 bits per heavy atom. The molecular formula is C15H12O. The number of furan rings is 1. The van der Waals surface area contributed by atoms with Crippen molar-refractivity contribution in [1.29, 1.82) is 0 Å². The van der Waals surface area contributed by atoms with E-state index < -0.39 is 0 Å². The largest absolute Gasteiger partial charge is 0.456 e. The van der Waals surface area contributed by atoms with E-state index in [4.69, 9.17) is 4.42 Å². The SMILES string of the molecule is Cc1cccc(-c2cc3ccccc3o2)c1. The molecule has 3 aromatic rings. The summed E-state index contributed by atoms with van der Waals surface area (Å²) in [5.41, 5.74) is 3.33. The van der Waals surface area contributed by atoms with Crippen LogP contribution < -0.4 is 0 Å². The van der Waals surface area contributed by atoms with Crippen molar-refractivity contribution in [3.8, 4) is 11.3 Å². The Morgan fingerprint density at radius 1 is 0.875 bits per heavy atom. The molecule has 1 heterocycles. The van der Waals surface area contributed by atoms with Crippen LogP contribution in [0.5, 0.6) is 0 Å². The zero-order valence-electron chi connectivity index (χ0n) is 9.10. The Kier molecular flexibility index (Phi) is 2.03. The minimum atomic E-state index is 0.935. The average molecular weight is 208 g/mol. The monoisotopic (exact) mass is 208 g/mol. The zero-order chi connectivity index (χ0) is 11.0. The van der Waals surface area contributed by atoms with Crippen LogP contribution in [0.2, 0.25) is 0 Å². The van der Waals surface area contributed by atoms with Gasteiger partial charge in [0, 0.05) is 10.9 Å². The van der Waals surface area contributed by atoms with Crippen LogP contribution in [0.1, 0.15) is 5.56 Å². The molecule has 0 aliphatic carbocycles. The Balaban J connectivity index is 2.19. The zero-order valence-corrected chi connectivity index (χ0v) is 9.10. The Morgan fingerprint density at radius 2 is 1.75 bits per heavy atom. The second-order valence-corrected chi connectivity index (χ2v) is 4.02. The smallest absolute Gasteiger partial charge is 0.135 e. The first kappa shape index (κ1) is 9.22. The van der Waals surface area contributed by atoms with Crippen LogP contribution in [0, 0.1) is 6.92 Å². The maximum absolute atomic E-state index is 5.81. The number of aryl methyl sites for hydroxylation is 1. The van der Waals surface area contributed by atoms with Gasteiger partial charge in [-0.2, -0.15) is 0 Å². The molecule has 1 nitrogen and oxygen atoms in total. The molecule has 0 spiro atoms. The van der Waals surface area contributed by atoms with Crippen molar-refractivity contribution in [3.05, 3.63) is 60.2 Å². The van der Waals surface area contributed by atoms with Crippen molar-refractivity contribution in [3.63, 3.8) is 0 Å². The third-order valence-electron chi connectivity index (χ3n) is 2.73. The number of hydrogen-bond acceptors (Lipinski definition) is 1. The van der Waals surface area contributed by atoms with Gasteiger partial charge in [-0.05, 0) is 25.1 Å². The van der Waals surface area contributed by atoms with E-state index in [2.05, 4.69) is 43.3 Å². The van der Waals surface area contributed by atoms with Crippen molar-refractivity contribution in [1.82, 2.24) is 0 Å². The molecule has 0 fully saturated rings. The molecule has 0 aliphatic rings. The van der Waals surface area contributed by atoms with Crippen LogP contribution in [0.3, 0.4) is 0 Å². The van der Waals surface area contributed by atoms with E-state index in [1.807, 2.05) is 18.2 Å². The third kappa shape index (κ3) is 1.50. The van der Waals surface area contributed by atoms with Gasteiger partial charge in [-0.15, -0.1) is 0 Å². The number of benzene rings is 2. The molecule has 0 saturated heterocycles. The number of para-hydroxylation sites is 1. The van der Waals surface area contributed by atoms with Crippen LogP contribution in [0.15, 0.2) is 59.0 Å². The van der Waals surface area contributed by atoms with Crippen LogP contribution >= 0.6 is 0 Å². The number of fused-ring (bicyclic) bond motifs is 1. The van der Waals surface area contributed by atoms with E-state index >= 15 is 0 Å². The van der Waals surface area contributed by atoms with E-state index in [9.17, 15) is 0 Å². The van der Waals surface area contributed by atoms with Crippen molar-refractivity contribution in [2.75, 3.05) is 0 Å². The fourth-order valence-electron chi connectivity index (χ4n) is 1.92. The average Bonchev–Trinajstić information content (AvgIpc) is 2.72. The summed E-state index contributed by atoms with van der Waals surface area (Å²) >= 11 is 0. The molecule has 3 rings (SSSR count). The summed E-state index contributed by atoms with van der Waals surface area (Å²) in [4.78, 5) is 0. The van der Waals surface area contributed by atoms with E-state index in [0.29, 0.717) is 0 Å². The predicted molar refractivity (Wildman–Crippen MR) is 66.4 cm³/mol. The lowest BCUT2D eigenvalue weighted by molar-refractivity contribution is 0.631. The van der Waals surface area contributed by atoms with E-state index in [1.54, 1.807) is 0 Å². The normalized spacial score (nSPS) is 10.8. The maximum atomic E-state index is 5.81. The van der Waals surface area contributed by atoms with Crippen LogP contribution in [-0.2, 0) is 0 Å². The lowest BCUT2D eigenvalue weighted by Crippen LogP contribution is -1.74. The van der Waals surface area contributed by atoms with Crippen molar-refractivity contribution < 1.29 is 4.42 Å². The highest BCUT2D eigenvalue weighted by atomic mass is 16.3. The minimum Gasteiger partial charge on any atom is -0.456 e. The van der Waals surface area contributed by atoms with Crippen molar-refractivity contribution in [2.24, 2.45) is 0 Å². The summed E-state index contributed by atoms with van der Waals surface area (Å²) in [6.45, 7) is 2.09. The minimum absolute atomic E-state index is 0.935. The fraction of sp³-hybridized carbons (Fsp3) is 0.0667. The van der Waals surface area contributed by atoms with Crippen LogP contribution in [0.25, 0.3) is 22.3 Å². The molecule has 0 radical (unpaired) electrons. The standard InChI is InChI=1S/C15H12O/c1-11-5-4-7-12(9-11)15-10-13-6-2-3-8-14(13)16-15/h2-10H,1H3. The molecule has 16 heavy (non-hydrogen) atoms. The van der Waals surface area contributed by atoms with Gasteiger partial charge in [0.1, 0.15) is 11.3 Å². The van der Waals surface area contributed by atoms with Crippen LogP contribution in [-0.4, -0.2) is 0 Å². The summed E-state index contributed by atoms with van der Waals surface area (Å²) in [6, 6.07) is 18.5. The molecule has 0 atom stereocenters. The molecule has 0 saturated carbocycles. The highest BCUT2D eigenvalue weighted by Crippen LogP contribution is 2.27. The van der Waals surface area contributed by atoms with Gasteiger partial charge in [-0.1, -0.05) is 42.0 Å². The first-order valence-electron chi connectivity index (χ1n) is 5.38. The Bertz CT molecular complexity index is 601. The number of rotatable bonds is 1. The highest BCUT2D eigenvalue weighted by Gasteiger charge is 2.04. The van der Waals surface area contributed by atoms with E-state index in [1.165, 1.54) is 5.56 Å². The van der Waals surface area contributed by atoms with Gasteiger partial charge in [0.25, 0.3) is 0 Å². The Labute approximate surface area is 94.3 Å². The lowest BCUT2D eigenvalue weighted by atomic mass is 10.1.